The van der Waals surface area contributed by atoms with Crippen LogP contribution in [0.15, 0.2) is 12.3 Å². The Balaban J connectivity index is 1.92. The van der Waals surface area contributed by atoms with Crippen LogP contribution in [0.5, 0.6) is 0 Å². The van der Waals surface area contributed by atoms with Crippen molar-refractivity contribution in [2.75, 3.05) is 24.7 Å². The highest BCUT2D eigenvalue weighted by molar-refractivity contribution is 5.97. The number of hydrogen-bond donors (Lipinski definition) is 2. The molecule has 0 bridgehead atoms. The van der Waals surface area contributed by atoms with Gasteiger partial charge < -0.3 is 15.8 Å². The Labute approximate surface area is 107 Å². The summed E-state index contributed by atoms with van der Waals surface area (Å²) in [5.74, 6) is 1.06. The molecule has 1 aromatic heterocycles. The molecule has 0 spiro atoms. The number of nitrogens with zero attached hydrogens (tertiary/aromatic N) is 1. The predicted molar refractivity (Wildman–Crippen MR) is 70.4 cm³/mol. The minimum Gasteiger partial charge on any atom is -0.465 e. The maximum absolute atomic E-state index is 11.5. The summed E-state index contributed by atoms with van der Waals surface area (Å²) in [6.07, 6.45) is 6.67. The number of aromatic nitrogens is 1. The first-order valence-corrected chi connectivity index (χ1v) is 6.29. The smallest absolute Gasteiger partial charge is 0.340 e. The lowest BCUT2D eigenvalue weighted by Crippen LogP contribution is -2.11. The highest BCUT2D eigenvalue weighted by Gasteiger charge is 2.20. The Bertz CT molecular complexity index is 430. The van der Waals surface area contributed by atoms with Crippen molar-refractivity contribution < 1.29 is 9.53 Å². The number of carbonyl (C=O) groups excluding carboxylic acids is 1. The fourth-order valence-corrected chi connectivity index (χ4v) is 1.91. The van der Waals surface area contributed by atoms with E-state index in [9.17, 15) is 4.79 Å². The van der Waals surface area contributed by atoms with Crippen LogP contribution in [0.1, 0.15) is 36.0 Å². The van der Waals surface area contributed by atoms with Crippen LogP contribution in [0.25, 0.3) is 0 Å². The molecule has 0 unspecified atom stereocenters. The van der Waals surface area contributed by atoms with E-state index in [4.69, 9.17) is 5.73 Å². The molecule has 98 valence electrons. The third-order valence-electron chi connectivity index (χ3n) is 3.17. The minimum absolute atomic E-state index is 0.357. The Kier molecular flexibility index (Phi) is 4.02. The van der Waals surface area contributed by atoms with Gasteiger partial charge in [0.2, 0.25) is 0 Å². The van der Waals surface area contributed by atoms with Crippen molar-refractivity contribution in [3.8, 4) is 0 Å². The Morgan fingerprint density at radius 2 is 2.39 bits per heavy atom. The molecule has 5 nitrogen and oxygen atoms in total. The lowest BCUT2D eigenvalue weighted by molar-refractivity contribution is 0.0602. The first kappa shape index (κ1) is 12.7. The van der Waals surface area contributed by atoms with Gasteiger partial charge in [-0.1, -0.05) is 12.8 Å². The average molecular weight is 249 g/mol. The van der Waals surface area contributed by atoms with Crippen molar-refractivity contribution in [1.29, 1.82) is 0 Å². The zero-order chi connectivity index (χ0) is 13.0. The third-order valence-corrected chi connectivity index (χ3v) is 3.17. The van der Waals surface area contributed by atoms with Crippen molar-refractivity contribution in [1.82, 2.24) is 4.98 Å². The van der Waals surface area contributed by atoms with E-state index in [1.807, 2.05) is 0 Å². The van der Waals surface area contributed by atoms with Gasteiger partial charge in [0.1, 0.15) is 5.82 Å². The van der Waals surface area contributed by atoms with Gasteiger partial charge in [-0.05, 0) is 24.8 Å². The molecule has 0 amide bonds. The highest BCUT2D eigenvalue weighted by atomic mass is 16.5. The molecule has 1 saturated carbocycles. The second kappa shape index (κ2) is 5.71. The van der Waals surface area contributed by atoms with E-state index in [1.165, 1.54) is 26.4 Å². The Hall–Kier alpha value is -1.78. The number of anilines is 2. The number of rotatable bonds is 6. The van der Waals surface area contributed by atoms with Crippen LogP contribution in [-0.4, -0.2) is 24.6 Å². The fraction of sp³-hybridized carbons (Fsp3) is 0.538. The molecule has 1 fully saturated rings. The summed E-state index contributed by atoms with van der Waals surface area (Å²) < 4.78 is 4.66. The molecule has 5 heteroatoms. The number of nitrogen functional groups attached to an aromatic ring is 1. The Morgan fingerprint density at radius 3 is 3.06 bits per heavy atom. The fourth-order valence-electron chi connectivity index (χ4n) is 1.91. The molecule has 1 aromatic rings. The molecule has 18 heavy (non-hydrogen) atoms. The molecule has 0 aliphatic heterocycles. The molecule has 1 heterocycles. The number of ether oxygens (including phenoxy) is 1. The summed E-state index contributed by atoms with van der Waals surface area (Å²) in [5.41, 5.74) is 6.60. The first-order valence-electron chi connectivity index (χ1n) is 6.29. The van der Waals surface area contributed by atoms with Crippen LogP contribution in [-0.2, 0) is 4.74 Å². The van der Waals surface area contributed by atoms with Crippen molar-refractivity contribution >= 4 is 17.5 Å². The molecule has 0 atom stereocenters. The van der Waals surface area contributed by atoms with Crippen LogP contribution in [0, 0.1) is 5.92 Å². The maximum Gasteiger partial charge on any atom is 0.340 e. The first-order chi connectivity index (χ1) is 8.72. The molecule has 1 aliphatic rings. The monoisotopic (exact) mass is 249 g/mol. The molecule has 1 aliphatic carbocycles. The van der Waals surface area contributed by atoms with Crippen molar-refractivity contribution in [3.05, 3.63) is 17.8 Å². The maximum atomic E-state index is 11.5. The van der Waals surface area contributed by atoms with E-state index >= 15 is 0 Å². The summed E-state index contributed by atoms with van der Waals surface area (Å²) in [6, 6.07) is 1.57. The van der Waals surface area contributed by atoms with E-state index in [1.54, 1.807) is 12.3 Å². The van der Waals surface area contributed by atoms with Crippen LogP contribution in [0.4, 0.5) is 11.5 Å². The normalized spacial score (nSPS) is 14.3. The second-order valence-corrected chi connectivity index (χ2v) is 4.62. The van der Waals surface area contributed by atoms with E-state index in [0.29, 0.717) is 17.1 Å². The van der Waals surface area contributed by atoms with Gasteiger partial charge in [0.15, 0.2) is 0 Å². The standard InChI is InChI=1S/C13H19N3O2/c1-18-13(17)10-6-8-16-12(11(10)14)15-7-2-3-9-4-5-9/h6,8-9H,2-5,7,14H2,1H3,(H,15,16). The number of methoxy groups -OCH3 is 1. The number of nitrogens with two attached hydrogens (primary N) is 1. The van der Waals surface area contributed by atoms with Gasteiger partial charge >= 0.3 is 5.97 Å². The number of pyridine rings is 1. The third kappa shape index (κ3) is 3.12. The van der Waals surface area contributed by atoms with Crippen LogP contribution >= 0.6 is 0 Å². The minimum atomic E-state index is -0.434. The summed E-state index contributed by atoms with van der Waals surface area (Å²) in [5, 5.41) is 3.17. The topological polar surface area (TPSA) is 77.2 Å². The predicted octanol–water partition coefficient (Wildman–Crippen LogP) is 2.05. The molecule has 0 saturated heterocycles. The SMILES string of the molecule is COC(=O)c1ccnc(NCCCC2CC2)c1N. The Morgan fingerprint density at radius 1 is 1.61 bits per heavy atom. The largest absolute Gasteiger partial charge is 0.465 e. The number of nitrogens with one attached hydrogen (secondary N) is 1. The average Bonchev–Trinajstić information content (AvgIpc) is 3.19. The van der Waals surface area contributed by atoms with Gasteiger partial charge in [-0.2, -0.15) is 0 Å². The molecular weight excluding hydrogens is 230 g/mol. The lowest BCUT2D eigenvalue weighted by Gasteiger charge is -2.10. The second-order valence-electron chi connectivity index (χ2n) is 4.62. The summed E-state index contributed by atoms with van der Waals surface area (Å²) in [7, 11) is 1.34. The molecule has 3 N–H and O–H groups in total. The summed E-state index contributed by atoms with van der Waals surface area (Å²) in [4.78, 5) is 15.6. The van der Waals surface area contributed by atoms with E-state index < -0.39 is 5.97 Å². The molecule has 2 rings (SSSR count). The van der Waals surface area contributed by atoms with Gasteiger partial charge in [-0.15, -0.1) is 0 Å². The van der Waals surface area contributed by atoms with Gasteiger partial charge in [-0.3, -0.25) is 0 Å². The van der Waals surface area contributed by atoms with E-state index in [2.05, 4.69) is 15.0 Å². The van der Waals surface area contributed by atoms with Crippen molar-refractivity contribution in [3.63, 3.8) is 0 Å². The van der Waals surface area contributed by atoms with Crippen molar-refractivity contribution in [2.24, 2.45) is 5.92 Å². The van der Waals surface area contributed by atoms with Crippen molar-refractivity contribution in [2.45, 2.75) is 25.7 Å². The van der Waals surface area contributed by atoms with Crippen LogP contribution in [0.3, 0.4) is 0 Å². The van der Waals surface area contributed by atoms with E-state index in [0.717, 1.165) is 18.9 Å². The van der Waals surface area contributed by atoms with Crippen LogP contribution < -0.4 is 11.1 Å². The quantitative estimate of drug-likeness (QED) is 0.596. The van der Waals surface area contributed by atoms with E-state index in [-0.39, 0.29) is 0 Å². The molecular formula is C13H19N3O2. The highest BCUT2D eigenvalue weighted by Crippen LogP contribution is 2.33. The zero-order valence-corrected chi connectivity index (χ0v) is 10.6. The van der Waals surface area contributed by atoms with Gasteiger partial charge in [0, 0.05) is 12.7 Å². The summed E-state index contributed by atoms with van der Waals surface area (Å²) >= 11 is 0. The zero-order valence-electron chi connectivity index (χ0n) is 10.6. The lowest BCUT2D eigenvalue weighted by atomic mass is 10.2. The van der Waals surface area contributed by atoms with Gasteiger partial charge in [0.05, 0.1) is 18.4 Å². The molecule has 0 aromatic carbocycles. The van der Waals surface area contributed by atoms with Gasteiger partial charge in [0.25, 0.3) is 0 Å². The number of esters is 1. The molecule has 0 radical (unpaired) electrons. The number of carbonyl (C=O) groups is 1. The summed E-state index contributed by atoms with van der Waals surface area (Å²) in [6.45, 7) is 0.832. The van der Waals surface area contributed by atoms with Gasteiger partial charge in [-0.25, -0.2) is 9.78 Å². The van der Waals surface area contributed by atoms with Crippen LogP contribution in [0.2, 0.25) is 0 Å². The number of hydrogen-bond acceptors (Lipinski definition) is 5.